The lowest BCUT2D eigenvalue weighted by atomic mass is 9.98. The molecule has 1 fully saturated rings. The Morgan fingerprint density at radius 1 is 1.87 bits per heavy atom. The first-order valence-electron chi connectivity index (χ1n) is 4.88. The minimum atomic E-state index is -1.48. The summed E-state index contributed by atoms with van der Waals surface area (Å²) < 4.78 is 4.63. The van der Waals surface area contributed by atoms with Gasteiger partial charge < -0.3 is 14.7 Å². The molecule has 0 aromatic carbocycles. The molecule has 0 radical (unpaired) electrons. The zero-order chi connectivity index (χ0) is 11.4. The SMILES string of the molecule is C=CCC1CC(=O)N1C(O)C(=O)OCC. The molecule has 5 heteroatoms. The molecule has 1 aliphatic heterocycles. The van der Waals surface area contributed by atoms with Gasteiger partial charge in [0.05, 0.1) is 6.61 Å². The van der Waals surface area contributed by atoms with Crippen molar-refractivity contribution < 1.29 is 19.4 Å². The van der Waals surface area contributed by atoms with Crippen molar-refractivity contribution in [3.63, 3.8) is 0 Å². The Balaban J connectivity index is 2.56. The molecule has 5 nitrogen and oxygen atoms in total. The van der Waals surface area contributed by atoms with Gasteiger partial charge in [-0.05, 0) is 13.3 Å². The quantitative estimate of drug-likeness (QED) is 0.398. The molecule has 2 unspecified atom stereocenters. The van der Waals surface area contributed by atoms with E-state index < -0.39 is 12.2 Å². The number of aliphatic hydroxyl groups is 1. The van der Waals surface area contributed by atoms with Crippen LogP contribution in [0.3, 0.4) is 0 Å². The summed E-state index contributed by atoms with van der Waals surface area (Å²) >= 11 is 0. The third-order valence-electron chi connectivity index (χ3n) is 2.29. The second kappa shape index (κ2) is 4.93. The van der Waals surface area contributed by atoms with Crippen LogP contribution >= 0.6 is 0 Å². The normalized spacial score (nSPS) is 21.9. The number of hydrogen-bond acceptors (Lipinski definition) is 4. The Morgan fingerprint density at radius 3 is 3.00 bits per heavy atom. The molecule has 0 spiro atoms. The van der Waals surface area contributed by atoms with E-state index in [1.165, 1.54) is 0 Å². The van der Waals surface area contributed by atoms with E-state index in [2.05, 4.69) is 11.3 Å². The molecule has 1 rings (SSSR count). The number of carbonyl (C=O) groups excluding carboxylic acids is 2. The molecule has 1 saturated heterocycles. The van der Waals surface area contributed by atoms with E-state index in [4.69, 9.17) is 0 Å². The van der Waals surface area contributed by atoms with Crippen LogP contribution in [-0.4, -0.2) is 40.8 Å². The van der Waals surface area contributed by atoms with Gasteiger partial charge in [-0.1, -0.05) is 6.08 Å². The molecule has 1 amide bonds. The van der Waals surface area contributed by atoms with Crippen molar-refractivity contribution in [3.8, 4) is 0 Å². The Bertz CT molecular complexity index is 275. The molecule has 0 bridgehead atoms. The number of ether oxygens (including phenoxy) is 1. The highest BCUT2D eigenvalue weighted by molar-refractivity contribution is 5.88. The van der Waals surface area contributed by atoms with Gasteiger partial charge in [-0.2, -0.15) is 0 Å². The number of hydrogen-bond donors (Lipinski definition) is 1. The van der Waals surface area contributed by atoms with Crippen molar-refractivity contribution >= 4 is 11.9 Å². The molecule has 0 aromatic heterocycles. The zero-order valence-electron chi connectivity index (χ0n) is 8.68. The smallest absolute Gasteiger partial charge is 0.356 e. The van der Waals surface area contributed by atoms with Crippen molar-refractivity contribution in [2.75, 3.05) is 6.61 Å². The molecule has 2 atom stereocenters. The lowest BCUT2D eigenvalue weighted by Crippen LogP contribution is -2.59. The topological polar surface area (TPSA) is 66.8 Å². The van der Waals surface area contributed by atoms with E-state index in [1.807, 2.05) is 0 Å². The summed E-state index contributed by atoms with van der Waals surface area (Å²) in [5.74, 6) is -1.01. The summed E-state index contributed by atoms with van der Waals surface area (Å²) in [5, 5.41) is 9.53. The standard InChI is InChI=1S/C10H15NO4/c1-3-5-7-6-8(12)11(7)9(13)10(14)15-4-2/h3,7,9,13H,1,4-6H2,2H3. The second-order valence-corrected chi connectivity index (χ2v) is 3.31. The summed E-state index contributed by atoms with van der Waals surface area (Å²) in [6.07, 6.45) is 1.10. The van der Waals surface area contributed by atoms with Gasteiger partial charge in [0.2, 0.25) is 12.1 Å². The number of likely N-dealkylation sites (tertiary alicyclic amines) is 1. The maximum atomic E-state index is 11.2. The first-order chi connectivity index (χ1) is 7.11. The van der Waals surface area contributed by atoms with E-state index in [1.54, 1.807) is 13.0 Å². The number of rotatable bonds is 5. The molecule has 0 aliphatic carbocycles. The van der Waals surface area contributed by atoms with Crippen molar-refractivity contribution in [2.45, 2.75) is 32.0 Å². The summed E-state index contributed by atoms with van der Waals surface area (Å²) in [6.45, 7) is 5.37. The van der Waals surface area contributed by atoms with Crippen molar-refractivity contribution in [1.82, 2.24) is 4.90 Å². The van der Waals surface area contributed by atoms with Gasteiger partial charge in [-0.25, -0.2) is 4.79 Å². The van der Waals surface area contributed by atoms with Gasteiger partial charge in [0.1, 0.15) is 0 Å². The molecular weight excluding hydrogens is 198 g/mol. The van der Waals surface area contributed by atoms with Crippen LogP contribution in [0.5, 0.6) is 0 Å². The van der Waals surface area contributed by atoms with Crippen molar-refractivity contribution in [2.24, 2.45) is 0 Å². The Morgan fingerprint density at radius 2 is 2.53 bits per heavy atom. The summed E-state index contributed by atoms with van der Waals surface area (Å²) in [5.41, 5.74) is 0. The van der Waals surface area contributed by atoms with Crippen LogP contribution < -0.4 is 0 Å². The first kappa shape index (κ1) is 11.7. The number of carbonyl (C=O) groups is 2. The molecule has 1 aliphatic rings. The minimum absolute atomic E-state index is 0.130. The second-order valence-electron chi connectivity index (χ2n) is 3.31. The highest BCUT2D eigenvalue weighted by Crippen LogP contribution is 2.24. The van der Waals surface area contributed by atoms with E-state index in [0.717, 1.165) is 4.90 Å². The van der Waals surface area contributed by atoms with Crippen LogP contribution in [0.4, 0.5) is 0 Å². The largest absolute Gasteiger partial charge is 0.463 e. The molecule has 84 valence electrons. The monoisotopic (exact) mass is 213 g/mol. The van der Waals surface area contributed by atoms with Crippen LogP contribution in [0.25, 0.3) is 0 Å². The highest BCUT2D eigenvalue weighted by Gasteiger charge is 2.42. The van der Waals surface area contributed by atoms with Crippen LogP contribution in [-0.2, 0) is 14.3 Å². The van der Waals surface area contributed by atoms with Gasteiger partial charge in [0, 0.05) is 12.5 Å². The maximum absolute atomic E-state index is 11.2. The number of nitrogens with zero attached hydrogens (tertiary/aromatic N) is 1. The molecule has 15 heavy (non-hydrogen) atoms. The maximum Gasteiger partial charge on any atom is 0.356 e. The fourth-order valence-electron chi connectivity index (χ4n) is 1.55. The van der Waals surface area contributed by atoms with E-state index in [9.17, 15) is 14.7 Å². The molecular formula is C10H15NO4. The lowest BCUT2D eigenvalue weighted by molar-refractivity contribution is -0.183. The fraction of sp³-hybridized carbons (Fsp3) is 0.600. The van der Waals surface area contributed by atoms with Gasteiger partial charge in [0.25, 0.3) is 0 Å². The van der Waals surface area contributed by atoms with Gasteiger partial charge in [-0.15, -0.1) is 6.58 Å². The third kappa shape index (κ3) is 2.36. The summed E-state index contributed by atoms with van der Waals surface area (Å²) in [4.78, 5) is 23.5. The molecule has 0 saturated carbocycles. The molecule has 1 heterocycles. The lowest BCUT2D eigenvalue weighted by Gasteiger charge is -2.41. The van der Waals surface area contributed by atoms with Gasteiger partial charge >= 0.3 is 5.97 Å². The molecule has 0 aromatic rings. The van der Waals surface area contributed by atoms with E-state index in [-0.39, 0.29) is 18.6 Å². The number of aliphatic hydroxyl groups excluding tert-OH is 1. The molecule has 1 N–H and O–H groups in total. The van der Waals surface area contributed by atoms with Crippen LogP contribution in [0.15, 0.2) is 12.7 Å². The van der Waals surface area contributed by atoms with Crippen molar-refractivity contribution in [3.05, 3.63) is 12.7 Å². The highest BCUT2D eigenvalue weighted by atomic mass is 16.5. The van der Waals surface area contributed by atoms with E-state index in [0.29, 0.717) is 12.8 Å². The average Bonchev–Trinajstić information content (AvgIpc) is 2.17. The zero-order valence-corrected chi connectivity index (χ0v) is 8.68. The fourth-order valence-corrected chi connectivity index (χ4v) is 1.55. The third-order valence-corrected chi connectivity index (χ3v) is 2.29. The van der Waals surface area contributed by atoms with E-state index >= 15 is 0 Å². The Labute approximate surface area is 88.3 Å². The summed E-state index contributed by atoms with van der Waals surface area (Å²) in [7, 11) is 0. The minimum Gasteiger partial charge on any atom is -0.463 e. The predicted octanol–water partition coefficient (Wildman–Crippen LogP) is 0.0449. The first-order valence-corrected chi connectivity index (χ1v) is 4.88. The number of amides is 1. The Kier molecular flexibility index (Phi) is 3.85. The number of β-lactam (4-membered cyclic amide) rings is 1. The van der Waals surface area contributed by atoms with Crippen LogP contribution in [0.1, 0.15) is 19.8 Å². The Hall–Kier alpha value is -1.36. The average molecular weight is 213 g/mol. The van der Waals surface area contributed by atoms with Crippen molar-refractivity contribution in [1.29, 1.82) is 0 Å². The van der Waals surface area contributed by atoms with Gasteiger partial charge in [0.15, 0.2) is 0 Å². The van der Waals surface area contributed by atoms with Gasteiger partial charge in [-0.3, -0.25) is 4.79 Å². The van der Waals surface area contributed by atoms with Crippen LogP contribution in [0, 0.1) is 0 Å². The predicted molar refractivity (Wildman–Crippen MR) is 52.7 cm³/mol. The summed E-state index contributed by atoms with van der Waals surface area (Å²) in [6, 6.07) is -0.130. The number of esters is 1. The van der Waals surface area contributed by atoms with Crippen LogP contribution in [0.2, 0.25) is 0 Å².